The standard InChI is InChI=1S/C12H15ClO2S/c1-16(14,15)10-12-8-3-2-6-11(12)7-4-5-9-13/h2-4,6-8H,5,9-10H2,1H3. The molecule has 0 aliphatic carbocycles. The van der Waals surface area contributed by atoms with Gasteiger partial charge in [0.25, 0.3) is 0 Å². The average molecular weight is 259 g/mol. The Labute approximate surface area is 102 Å². The predicted molar refractivity (Wildman–Crippen MR) is 69.4 cm³/mol. The Hall–Kier alpha value is -0.800. The molecule has 0 aromatic heterocycles. The van der Waals surface area contributed by atoms with E-state index in [0.717, 1.165) is 17.5 Å². The van der Waals surface area contributed by atoms with Gasteiger partial charge in [0.1, 0.15) is 0 Å². The molecule has 2 nitrogen and oxygen atoms in total. The van der Waals surface area contributed by atoms with Crippen LogP contribution in [-0.4, -0.2) is 20.6 Å². The number of rotatable bonds is 5. The van der Waals surface area contributed by atoms with Gasteiger partial charge in [-0.2, -0.15) is 0 Å². The van der Waals surface area contributed by atoms with Crippen LogP contribution in [0.2, 0.25) is 0 Å². The van der Waals surface area contributed by atoms with E-state index in [-0.39, 0.29) is 5.75 Å². The molecule has 1 rings (SSSR count). The second-order valence-electron chi connectivity index (χ2n) is 3.65. The van der Waals surface area contributed by atoms with E-state index in [2.05, 4.69) is 0 Å². The lowest BCUT2D eigenvalue weighted by atomic mass is 10.1. The summed E-state index contributed by atoms with van der Waals surface area (Å²) < 4.78 is 22.5. The molecule has 0 saturated carbocycles. The quantitative estimate of drug-likeness (QED) is 0.761. The lowest BCUT2D eigenvalue weighted by Crippen LogP contribution is -2.02. The van der Waals surface area contributed by atoms with Gasteiger partial charge in [-0.15, -0.1) is 11.6 Å². The van der Waals surface area contributed by atoms with E-state index in [9.17, 15) is 8.42 Å². The highest BCUT2D eigenvalue weighted by Gasteiger charge is 2.06. The van der Waals surface area contributed by atoms with E-state index < -0.39 is 9.84 Å². The van der Waals surface area contributed by atoms with Crippen LogP contribution in [0.15, 0.2) is 30.3 Å². The number of hydrogen-bond donors (Lipinski definition) is 0. The molecule has 0 amide bonds. The fourth-order valence-corrected chi connectivity index (χ4v) is 2.34. The lowest BCUT2D eigenvalue weighted by Gasteiger charge is -2.04. The monoisotopic (exact) mass is 258 g/mol. The van der Waals surface area contributed by atoms with E-state index in [0.29, 0.717) is 5.88 Å². The van der Waals surface area contributed by atoms with E-state index in [1.165, 1.54) is 6.26 Å². The molecule has 0 bridgehead atoms. The van der Waals surface area contributed by atoms with Crippen molar-refractivity contribution < 1.29 is 8.42 Å². The molecule has 1 aromatic carbocycles. The number of allylic oxidation sites excluding steroid dienone is 1. The molecule has 1 aromatic rings. The van der Waals surface area contributed by atoms with Crippen LogP contribution in [0.25, 0.3) is 6.08 Å². The molecule has 0 fully saturated rings. The smallest absolute Gasteiger partial charge is 0.151 e. The number of hydrogen-bond acceptors (Lipinski definition) is 2. The molecule has 0 radical (unpaired) electrons. The van der Waals surface area contributed by atoms with Gasteiger partial charge < -0.3 is 0 Å². The van der Waals surface area contributed by atoms with Gasteiger partial charge in [0.15, 0.2) is 9.84 Å². The molecule has 0 unspecified atom stereocenters. The Morgan fingerprint density at radius 1 is 1.31 bits per heavy atom. The SMILES string of the molecule is CS(=O)(=O)Cc1ccccc1C=CCCCl. The van der Waals surface area contributed by atoms with Crippen LogP contribution in [0, 0.1) is 0 Å². The highest BCUT2D eigenvalue weighted by Crippen LogP contribution is 2.14. The Bertz CT molecular complexity index is 464. The minimum Gasteiger partial charge on any atom is -0.229 e. The summed E-state index contributed by atoms with van der Waals surface area (Å²) in [4.78, 5) is 0. The Morgan fingerprint density at radius 3 is 2.62 bits per heavy atom. The second kappa shape index (κ2) is 6.06. The molecule has 16 heavy (non-hydrogen) atoms. The normalized spacial score (nSPS) is 12.1. The van der Waals surface area contributed by atoms with Crippen LogP contribution >= 0.6 is 11.6 Å². The number of halogens is 1. The maximum Gasteiger partial charge on any atom is 0.151 e. The van der Waals surface area contributed by atoms with Gasteiger partial charge in [0, 0.05) is 12.1 Å². The number of benzene rings is 1. The third-order valence-corrected chi connectivity index (χ3v) is 3.10. The van der Waals surface area contributed by atoms with Gasteiger partial charge in [0.2, 0.25) is 0 Å². The van der Waals surface area contributed by atoms with Crippen molar-refractivity contribution in [2.75, 3.05) is 12.1 Å². The largest absolute Gasteiger partial charge is 0.229 e. The minimum absolute atomic E-state index is 0.0778. The molecule has 0 aliphatic heterocycles. The van der Waals surface area contributed by atoms with Crippen LogP contribution < -0.4 is 0 Å². The van der Waals surface area contributed by atoms with Crippen LogP contribution in [0.4, 0.5) is 0 Å². The molecule has 88 valence electrons. The summed E-state index contributed by atoms with van der Waals surface area (Å²) in [5.41, 5.74) is 1.77. The summed E-state index contributed by atoms with van der Waals surface area (Å²) in [7, 11) is -2.99. The topological polar surface area (TPSA) is 34.1 Å². The Morgan fingerprint density at radius 2 is 2.00 bits per heavy atom. The maximum absolute atomic E-state index is 11.2. The van der Waals surface area contributed by atoms with Crippen molar-refractivity contribution in [1.29, 1.82) is 0 Å². The molecule has 0 N–H and O–H groups in total. The predicted octanol–water partition coefficient (Wildman–Crippen LogP) is 2.87. The van der Waals surface area contributed by atoms with E-state index in [4.69, 9.17) is 11.6 Å². The molecule has 0 aliphatic rings. The number of alkyl halides is 1. The summed E-state index contributed by atoms with van der Waals surface area (Å²) in [6.07, 6.45) is 5.90. The third kappa shape index (κ3) is 4.81. The van der Waals surface area contributed by atoms with Crippen molar-refractivity contribution in [3.05, 3.63) is 41.5 Å². The minimum atomic E-state index is -2.99. The van der Waals surface area contributed by atoms with E-state index in [1.807, 2.05) is 36.4 Å². The lowest BCUT2D eigenvalue weighted by molar-refractivity contribution is 0.601. The van der Waals surface area contributed by atoms with Crippen LogP contribution in [0.1, 0.15) is 17.5 Å². The van der Waals surface area contributed by atoms with Crippen molar-refractivity contribution in [3.63, 3.8) is 0 Å². The molecule has 0 saturated heterocycles. The van der Waals surface area contributed by atoms with Crippen LogP contribution in [0.5, 0.6) is 0 Å². The molecular formula is C12H15ClO2S. The first kappa shape index (κ1) is 13.3. The summed E-state index contributed by atoms with van der Waals surface area (Å²) in [5, 5.41) is 0. The molecule has 0 heterocycles. The summed E-state index contributed by atoms with van der Waals surface area (Å²) in [6, 6.07) is 7.48. The van der Waals surface area contributed by atoms with E-state index >= 15 is 0 Å². The van der Waals surface area contributed by atoms with E-state index in [1.54, 1.807) is 0 Å². The second-order valence-corrected chi connectivity index (χ2v) is 6.17. The first-order valence-electron chi connectivity index (χ1n) is 5.01. The fraction of sp³-hybridized carbons (Fsp3) is 0.333. The van der Waals surface area contributed by atoms with Gasteiger partial charge in [-0.3, -0.25) is 0 Å². The van der Waals surface area contributed by atoms with Crippen LogP contribution in [0.3, 0.4) is 0 Å². The van der Waals surface area contributed by atoms with Crippen molar-refractivity contribution in [1.82, 2.24) is 0 Å². The first-order valence-corrected chi connectivity index (χ1v) is 7.60. The highest BCUT2D eigenvalue weighted by molar-refractivity contribution is 7.89. The molecule has 0 atom stereocenters. The first-order chi connectivity index (χ1) is 7.53. The zero-order chi connectivity index (χ0) is 12.0. The maximum atomic E-state index is 11.2. The molecule has 4 heteroatoms. The van der Waals surface area contributed by atoms with Crippen molar-refractivity contribution in [2.45, 2.75) is 12.2 Å². The molecule has 0 spiro atoms. The van der Waals surface area contributed by atoms with Gasteiger partial charge in [-0.1, -0.05) is 36.4 Å². The highest BCUT2D eigenvalue weighted by atomic mass is 35.5. The summed E-state index contributed by atoms with van der Waals surface area (Å²) in [6.45, 7) is 0. The fourth-order valence-electron chi connectivity index (χ4n) is 1.38. The van der Waals surface area contributed by atoms with Crippen molar-refractivity contribution >= 4 is 27.5 Å². The van der Waals surface area contributed by atoms with Gasteiger partial charge in [-0.05, 0) is 17.5 Å². The van der Waals surface area contributed by atoms with Gasteiger partial charge >= 0.3 is 0 Å². The van der Waals surface area contributed by atoms with Crippen molar-refractivity contribution in [2.24, 2.45) is 0 Å². The summed E-state index contributed by atoms with van der Waals surface area (Å²) in [5.74, 6) is 0.652. The van der Waals surface area contributed by atoms with Crippen molar-refractivity contribution in [3.8, 4) is 0 Å². The summed E-state index contributed by atoms with van der Waals surface area (Å²) >= 11 is 5.57. The zero-order valence-corrected chi connectivity index (χ0v) is 10.8. The number of sulfone groups is 1. The zero-order valence-electron chi connectivity index (χ0n) is 9.19. The Balaban J connectivity index is 2.92. The average Bonchev–Trinajstić information content (AvgIpc) is 2.19. The molecular weight excluding hydrogens is 244 g/mol. The Kier molecular flexibility index (Phi) is 5.03. The third-order valence-electron chi connectivity index (χ3n) is 2.05. The van der Waals surface area contributed by atoms with Gasteiger partial charge in [0.05, 0.1) is 5.75 Å². The van der Waals surface area contributed by atoms with Gasteiger partial charge in [-0.25, -0.2) is 8.42 Å². The van der Waals surface area contributed by atoms with Crippen LogP contribution in [-0.2, 0) is 15.6 Å².